The summed E-state index contributed by atoms with van der Waals surface area (Å²) in [5.74, 6) is -0.276. The van der Waals surface area contributed by atoms with E-state index in [4.69, 9.17) is 0 Å². The van der Waals surface area contributed by atoms with Gasteiger partial charge in [-0.15, -0.1) is 0 Å². The molecule has 0 saturated carbocycles. The molecule has 0 atom stereocenters. The fourth-order valence-electron chi connectivity index (χ4n) is 1.44. The zero-order valence-corrected chi connectivity index (χ0v) is 11.3. The van der Waals surface area contributed by atoms with Crippen molar-refractivity contribution >= 4 is 16.0 Å². The van der Waals surface area contributed by atoms with E-state index in [9.17, 15) is 13.2 Å². The molecule has 0 unspecified atom stereocenters. The minimum Gasteiger partial charge on any atom is -0.469 e. The van der Waals surface area contributed by atoms with Crippen molar-refractivity contribution in [1.82, 2.24) is 4.72 Å². The molecule has 1 N–H and O–H groups in total. The summed E-state index contributed by atoms with van der Waals surface area (Å²) in [5, 5.41) is 0. The van der Waals surface area contributed by atoms with Crippen LogP contribution in [0.5, 0.6) is 0 Å². The van der Waals surface area contributed by atoms with E-state index < -0.39 is 10.0 Å². The first-order valence-corrected chi connectivity index (χ1v) is 7.39. The molecule has 0 aliphatic rings. The third kappa shape index (κ3) is 5.79. The summed E-state index contributed by atoms with van der Waals surface area (Å²) >= 11 is 0. The van der Waals surface area contributed by atoms with Gasteiger partial charge in [0.25, 0.3) is 0 Å². The maximum absolute atomic E-state index is 11.0. The molecule has 0 aliphatic heterocycles. The Morgan fingerprint density at radius 2 is 1.78 bits per heavy atom. The first-order chi connectivity index (χ1) is 8.40. The van der Waals surface area contributed by atoms with Crippen molar-refractivity contribution in [3.63, 3.8) is 0 Å². The highest BCUT2D eigenvalue weighted by atomic mass is 32.2. The smallest absolute Gasteiger partial charge is 0.309 e. The van der Waals surface area contributed by atoms with Crippen LogP contribution < -0.4 is 4.72 Å². The molecule has 0 aliphatic carbocycles. The van der Waals surface area contributed by atoms with Crippen molar-refractivity contribution in [3.8, 4) is 0 Å². The van der Waals surface area contributed by atoms with Crippen LogP contribution in [0.1, 0.15) is 11.1 Å². The number of esters is 1. The monoisotopic (exact) mass is 271 g/mol. The van der Waals surface area contributed by atoms with Gasteiger partial charge in [-0.25, -0.2) is 13.1 Å². The van der Waals surface area contributed by atoms with Gasteiger partial charge in [0.15, 0.2) is 0 Å². The largest absolute Gasteiger partial charge is 0.469 e. The maximum Gasteiger partial charge on any atom is 0.309 e. The summed E-state index contributed by atoms with van der Waals surface area (Å²) in [6.45, 7) is 0.370. The standard InChI is InChI=1S/C12H17NO4S/c1-17-12(14)9-11-5-3-10(4-6-11)7-8-13-18(2,15)16/h3-6,13H,7-9H2,1-2H3. The number of hydrogen-bond acceptors (Lipinski definition) is 4. The van der Waals surface area contributed by atoms with Gasteiger partial charge in [-0.1, -0.05) is 24.3 Å². The van der Waals surface area contributed by atoms with Crippen molar-refractivity contribution < 1.29 is 17.9 Å². The molecule has 18 heavy (non-hydrogen) atoms. The lowest BCUT2D eigenvalue weighted by atomic mass is 10.1. The van der Waals surface area contributed by atoms with Crippen LogP contribution in [-0.4, -0.2) is 34.3 Å². The Kier molecular flexibility index (Phi) is 5.30. The van der Waals surface area contributed by atoms with Crippen LogP contribution in [0.2, 0.25) is 0 Å². The average Bonchev–Trinajstić information content (AvgIpc) is 2.29. The summed E-state index contributed by atoms with van der Waals surface area (Å²) in [7, 11) is -1.78. The van der Waals surface area contributed by atoms with Crippen molar-refractivity contribution in [2.45, 2.75) is 12.8 Å². The van der Waals surface area contributed by atoms with Gasteiger partial charge in [0.05, 0.1) is 19.8 Å². The number of ether oxygens (including phenoxy) is 1. The first kappa shape index (κ1) is 14.7. The van der Waals surface area contributed by atoms with E-state index in [2.05, 4.69) is 9.46 Å². The Labute approximate surface area is 107 Å². The van der Waals surface area contributed by atoms with E-state index in [-0.39, 0.29) is 12.4 Å². The third-order valence-corrected chi connectivity index (χ3v) is 3.11. The number of nitrogens with one attached hydrogen (secondary N) is 1. The fourth-order valence-corrected chi connectivity index (χ4v) is 1.92. The van der Waals surface area contributed by atoms with Gasteiger partial charge in [0.2, 0.25) is 10.0 Å². The van der Waals surface area contributed by atoms with Crippen LogP contribution in [-0.2, 0) is 32.4 Å². The Bertz CT molecular complexity index is 493. The lowest BCUT2D eigenvalue weighted by Crippen LogP contribution is -2.24. The molecule has 0 heterocycles. The number of carbonyl (C=O) groups is 1. The second-order valence-corrected chi connectivity index (χ2v) is 5.82. The van der Waals surface area contributed by atoms with E-state index in [1.165, 1.54) is 7.11 Å². The lowest BCUT2D eigenvalue weighted by Gasteiger charge is -2.04. The topological polar surface area (TPSA) is 72.5 Å². The summed E-state index contributed by atoms with van der Waals surface area (Å²) in [5.41, 5.74) is 1.89. The minimum absolute atomic E-state index is 0.248. The molecule has 0 spiro atoms. The molecule has 1 aromatic carbocycles. The number of methoxy groups -OCH3 is 1. The van der Waals surface area contributed by atoms with Gasteiger partial charge < -0.3 is 4.74 Å². The predicted octanol–water partition coefficient (Wildman–Crippen LogP) is 0.494. The lowest BCUT2D eigenvalue weighted by molar-refractivity contribution is -0.139. The highest BCUT2D eigenvalue weighted by Crippen LogP contribution is 2.06. The zero-order valence-electron chi connectivity index (χ0n) is 10.5. The predicted molar refractivity (Wildman–Crippen MR) is 68.7 cm³/mol. The van der Waals surface area contributed by atoms with E-state index in [1.807, 2.05) is 24.3 Å². The summed E-state index contributed by atoms with van der Waals surface area (Å²) in [6, 6.07) is 7.43. The molecule has 0 bridgehead atoms. The molecule has 0 aromatic heterocycles. The second-order valence-electron chi connectivity index (χ2n) is 3.99. The molecular formula is C12H17NO4S. The molecule has 5 nitrogen and oxygen atoms in total. The van der Waals surface area contributed by atoms with Crippen LogP contribution >= 0.6 is 0 Å². The number of benzene rings is 1. The molecule has 0 amide bonds. The van der Waals surface area contributed by atoms with Gasteiger partial charge in [-0.2, -0.15) is 0 Å². The SMILES string of the molecule is COC(=O)Cc1ccc(CCNS(C)(=O)=O)cc1. The Hall–Kier alpha value is -1.40. The van der Waals surface area contributed by atoms with Crippen molar-refractivity contribution in [1.29, 1.82) is 0 Å². The van der Waals surface area contributed by atoms with Crippen LogP contribution in [0.3, 0.4) is 0 Å². The second kappa shape index (κ2) is 6.51. The minimum atomic E-state index is -3.13. The zero-order chi connectivity index (χ0) is 13.6. The van der Waals surface area contributed by atoms with Crippen LogP contribution in [0.25, 0.3) is 0 Å². The highest BCUT2D eigenvalue weighted by molar-refractivity contribution is 7.88. The van der Waals surface area contributed by atoms with E-state index >= 15 is 0 Å². The van der Waals surface area contributed by atoms with Crippen LogP contribution in [0, 0.1) is 0 Å². The summed E-state index contributed by atoms with van der Waals surface area (Å²) in [4.78, 5) is 11.0. The van der Waals surface area contributed by atoms with Gasteiger partial charge in [-0.3, -0.25) is 4.79 Å². The van der Waals surface area contributed by atoms with Crippen molar-refractivity contribution in [2.75, 3.05) is 19.9 Å². The van der Waals surface area contributed by atoms with E-state index in [0.717, 1.165) is 17.4 Å². The molecule has 0 fully saturated rings. The van der Waals surface area contributed by atoms with Crippen molar-refractivity contribution in [3.05, 3.63) is 35.4 Å². The fraction of sp³-hybridized carbons (Fsp3) is 0.417. The quantitative estimate of drug-likeness (QED) is 0.764. The van der Waals surface area contributed by atoms with Crippen molar-refractivity contribution in [2.24, 2.45) is 0 Å². The molecule has 0 saturated heterocycles. The summed E-state index contributed by atoms with van der Waals surface area (Å²) in [6.07, 6.45) is 2.00. The Morgan fingerprint density at radius 3 is 2.28 bits per heavy atom. The van der Waals surface area contributed by atoms with E-state index in [0.29, 0.717) is 13.0 Å². The highest BCUT2D eigenvalue weighted by Gasteiger charge is 2.03. The normalized spacial score (nSPS) is 11.2. The molecular weight excluding hydrogens is 254 g/mol. The number of hydrogen-bond donors (Lipinski definition) is 1. The van der Waals surface area contributed by atoms with Gasteiger partial charge in [0, 0.05) is 6.54 Å². The van der Waals surface area contributed by atoms with E-state index in [1.54, 1.807) is 0 Å². The van der Waals surface area contributed by atoms with Gasteiger partial charge in [-0.05, 0) is 17.5 Å². The molecule has 0 radical (unpaired) electrons. The van der Waals surface area contributed by atoms with Gasteiger partial charge in [0.1, 0.15) is 0 Å². The average molecular weight is 271 g/mol. The molecule has 1 rings (SSSR count). The Morgan fingerprint density at radius 1 is 1.22 bits per heavy atom. The number of sulfonamides is 1. The first-order valence-electron chi connectivity index (χ1n) is 5.50. The number of carbonyl (C=O) groups excluding carboxylic acids is 1. The Balaban J connectivity index is 2.48. The third-order valence-electron chi connectivity index (χ3n) is 2.38. The molecule has 100 valence electrons. The number of rotatable bonds is 6. The van der Waals surface area contributed by atoms with Crippen LogP contribution in [0.15, 0.2) is 24.3 Å². The maximum atomic E-state index is 11.0. The molecule has 6 heteroatoms. The summed E-state index contributed by atoms with van der Waals surface area (Å²) < 4.78 is 28.7. The van der Waals surface area contributed by atoms with Crippen LogP contribution in [0.4, 0.5) is 0 Å². The molecule has 1 aromatic rings. The van der Waals surface area contributed by atoms with Gasteiger partial charge >= 0.3 is 5.97 Å².